The van der Waals surface area contributed by atoms with Crippen LogP contribution in [0.5, 0.6) is 0 Å². The number of aliphatic hydroxyl groups is 1. The zero-order valence-electron chi connectivity index (χ0n) is 11.0. The number of aliphatic hydroxyl groups excluding tert-OH is 1. The summed E-state index contributed by atoms with van der Waals surface area (Å²) in [6.45, 7) is 6.49. The minimum Gasteiger partial charge on any atom is -0.389 e. The standard InChI is InChI=1S/C15H22N2O/c1-12(18)14-6-2-3-7-15(14)17-10-9-16-8-4-5-13(16)11-17/h2-3,6-7,12-13,18H,4-5,8-11H2,1H3. The Balaban J connectivity index is 1.82. The Morgan fingerprint density at radius 1 is 1.22 bits per heavy atom. The third-order valence-electron chi connectivity index (χ3n) is 4.31. The fraction of sp³-hybridized carbons (Fsp3) is 0.600. The van der Waals surface area contributed by atoms with Gasteiger partial charge in [-0.05, 0) is 32.4 Å². The molecule has 0 amide bonds. The molecule has 2 fully saturated rings. The van der Waals surface area contributed by atoms with E-state index >= 15 is 0 Å². The molecule has 0 radical (unpaired) electrons. The average molecular weight is 246 g/mol. The van der Waals surface area contributed by atoms with Crippen molar-refractivity contribution in [2.75, 3.05) is 31.1 Å². The molecular weight excluding hydrogens is 224 g/mol. The highest BCUT2D eigenvalue weighted by Gasteiger charge is 2.31. The van der Waals surface area contributed by atoms with E-state index < -0.39 is 0 Å². The van der Waals surface area contributed by atoms with Gasteiger partial charge in [0.05, 0.1) is 6.10 Å². The molecule has 1 aromatic carbocycles. The largest absolute Gasteiger partial charge is 0.389 e. The van der Waals surface area contributed by atoms with Crippen molar-refractivity contribution in [3.63, 3.8) is 0 Å². The van der Waals surface area contributed by atoms with Crippen molar-refractivity contribution in [2.45, 2.75) is 31.9 Å². The number of benzene rings is 1. The monoisotopic (exact) mass is 246 g/mol. The highest BCUT2D eigenvalue weighted by atomic mass is 16.3. The molecule has 2 aliphatic heterocycles. The summed E-state index contributed by atoms with van der Waals surface area (Å²) in [5.74, 6) is 0. The van der Waals surface area contributed by atoms with Crippen LogP contribution in [0.3, 0.4) is 0 Å². The molecule has 0 aromatic heterocycles. The fourth-order valence-electron chi connectivity index (χ4n) is 3.34. The third kappa shape index (κ3) is 2.13. The number of nitrogens with zero attached hydrogens (tertiary/aromatic N) is 2. The van der Waals surface area contributed by atoms with Crippen molar-refractivity contribution < 1.29 is 5.11 Å². The van der Waals surface area contributed by atoms with Gasteiger partial charge in [0.15, 0.2) is 0 Å². The summed E-state index contributed by atoms with van der Waals surface area (Å²) in [5.41, 5.74) is 2.28. The summed E-state index contributed by atoms with van der Waals surface area (Å²) >= 11 is 0. The van der Waals surface area contributed by atoms with Gasteiger partial charge in [-0.3, -0.25) is 4.90 Å². The summed E-state index contributed by atoms with van der Waals surface area (Å²) in [4.78, 5) is 5.07. The summed E-state index contributed by atoms with van der Waals surface area (Å²) in [7, 11) is 0. The topological polar surface area (TPSA) is 26.7 Å². The zero-order valence-corrected chi connectivity index (χ0v) is 11.0. The van der Waals surface area contributed by atoms with Crippen molar-refractivity contribution in [1.29, 1.82) is 0 Å². The van der Waals surface area contributed by atoms with Crippen LogP contribution in [0.15, 0.2) is 24.3 Å². The number of fused-ring (bicyclic) bond motifs is 1. The molecule has 1 N–H and O–H groups in total. The van der Waals surface area contributed by atoms with Crippen LogP contribution in [0.4, 0.5) is 5.69 Å². The van der Waals surface area contributed by atoms with E-state index in [1.54, 1.807) is 0 Å². The quantitative estimate of drug-likeness (QED) is 0.865. The lowest BCUT2D eigenvalue weighted by atomic mass is 10.1. The molecule has 3 nitrogen and oxygen atoms in total. The Labute approximate surface area is 109 Å². The summed E-state index contributed by atoms with van der Waals surface area (Å²) in [5, 5.41) is 9.89. The average Bonchev–Trinajstić information content (AvgIpc) is 2.85. The van der Waals surface area contributed by atoms with Gasteiger partial charge in [0.25, 0.3) is 0 Å². The van der Waals surface area contributed by atoms with Crippen LogP contribution in [-0.2, 0) is 0 Å². The lowest BCUT2D eigenvalue weighted by molar-refractivity contribution is 0.198. The van der Waals surface area contributed by atoms with Gasteiger partial charge in [-0.1, -0.05) is 18.2 Å². The molecule has 2 saturated heterocycles. The van der Waals surface area contributed by atoms with Crippen molar-refractivity contribution >= 4 is 5.69 Å². The van der Waals surface area contributed by atoms with Gasteiger partial charge in [-0.2, -0.15) is 0 Å². The lowest BCUT2D eigenvalue weighted by Gasteiger charge is -2.39. The summed E-state index contributed by atoms with van der Waals surface area (Å²) in [6.07, 6.45) is 2.28. The van der Waals surface area contributed by atoms with Crippen molar-refractivity contribution in [3.8, 4) is 0 Å². The highest BCUT2D eigenvalue weighted by molar-refractivity contribution is 5.55. The minimum absolute atomic E-state index is 0.386. The molecule has 0 aliphatic carbocycles. The number of hydrogen-bond acceptors (Lipinski definition) is 3. The van der Waals surface area contributed by atoms with Crippen molar-refractivity contribution in [3.05, 3.63) is 29.8 Å². The van der Waals surface area contributed by atoms with Crippen LogP contribution in [0.2, 0.25) is 0 Å². The van der Waals surface area contributed by atoms with E-state index in [2.05, 4.69) is 21.9 Å². The maximum atomic E-state index is 9.89. The van der Waals surface area contributed by atoms with Crippen LogP contribution in [0.25, 0.3) is 0 Å². The Morgan fingerprint density at radius 3 is 2.89 bits per heavy atom. The molecule has 18 heavy (non-hydrogen) atoms. The molecule has 98 valence electrons. The molecule has 2 heterocycles. The molecule has 2 atom stereocenters. The molecule has 0 spiro atoms. The lowest BCUT2D eigenvalue weighted by Crippen LogP contribution is -2.50. The second-order valence-electron chi connectivity index (χ2n) is 5.51. The van der Waals surface area contributed by atoms with Gasteiger partial charge >= 0.3 is 0 Å². The van der Waals surface area contributed by atoms with Gasteiger partial charge in [0.1, 0.15) is 0 Å². The maximum absolute atomic E-state index is 9.89. The smallest absolute Gasteiger partial charge is 0.0781 e. The number of anilines is 1. The molecule has 2 unspecified atom stereocenters. The molecule has 3 rings (SSSR count). The first-order valence-corrected chi connectivity index (χ1v) is 7.01. The second kappa shape index (κ2) is 4.90. The van der Waals surface area contributed by atoms with Crippen LogP contribution in [0, 0.1) is 0 Å². The second-order valence-corrected chi connectivity index (χ2v) is 5.51. The Hall–Kier alpha value is -1.06. The first-order valence-electron chi connectivity index (χ1n) is 7.01. The summed E-state index contributed by atoms with van der Waals surface area (Å²) in [6, 6.07) is 8.99. The van der Waals surface area contributed by atoms with Gasteiger partial charge < -0.3 is 10.0 Å². The van der Waals surface area contributed by atoms with Crippen LogP contribution in [-0.4, -0.2) is 42.2 Å². The normalized spacial score (nSPS) is 26.1. The van der Waals surface area contributed by atoms with Crippen LogP contribution in [0.1, 0.15) is 31.4 Å². The molecule has 2 aliphatic rings. The van der Waals surface area contributed by atoms with Crippen LogP contribution < -0.4 is 4.90 Å². The van der Waals surface area contributed by atoms with E-state index in [9.17, 15) is 5.11 Å². The predicted molar refractivity (Wildman–Crippen MR) is 73.9 cm³/mol. The van der Waals surface area contributed by atoms with Gasteiger partial charge in [-0.25, -0.2) is 0 Å². The van der Waals surface area contributed by atoms with Crippen molar-refractivity contribution in [2.24, 2.45) is 0 Å². The predicted octanol–water partition coefficient (Wildman–Crippen LogP) is 2.02. The SMILES string of the molecule is CC(O)c1ccccc1N1CCN2CCCC2C1. The minimum atomic E-state index is -0.386. The third-order valence-corrected chi connectivity index (χ3v) is 4.31. The molecule has 1 aromatic rings. The number of piperazine rings is 1. The first-order chi connectivity index (χ1) is 8.75. The molecule has 0 saturated carbocycles. The highest BCUT2D eigenvalue weighted by Crippen LogP contribution is 2.30. The summed E-state index contributed by atoms with van der Waals surface area (Å²) < 4.78 is 0. The van der Waals surface area contributed by atoms with E-state index in [4.69, 9.17) is 0 Å². The maximum Gasteiger partial charge on any atom is 0.0781 e. The van der Waals surface area contributed by atoms with E-state index in [-0.39, 0.29) is 6.10 Å². The van der Waals surface area contributed by atoms with E-state index in [0.29, 0.717) is 0 Å². The number of rotatable bonds is 2. The Morgan fingerprint density at radius 2 is 2.06 bits per heavy atom. The van der Waals surface area contributed by atoms with Gasteiger partial charge in [0.2, 0.25) is 0 Å². The number of hydrogen-bond donors (Lipinski definition) is 1. The van der Waals surface area contributed by atoms with Gasteiger partial charge in [-0.15, -0.1) is 0 Å². The van der Waals surface area contributed by atoms with Gasteiger partial charge in [0, 0.05) is 36.9 Å². The molecule has 0 bridgehead atoms. The van der Waals surface area contributed by atoms with E-state index in [1.165, 1.54) is 31.6 Å². The first kappa shape index (κ1) is 12.0. The van der Waals surface area contributed by atoms with E-state index in [1.807, 2.05) is 19.1 Å². The molecule has 3 heteroatoms. The zero-order chi connectivity index (χ0) is 12.5. The Kier molecular flexibility index (Phi) is 3.27. The van der Waals surface area contributed by atoms with Crippen molar-refractivity contribution in [1.82, 2.24) is 4.90 Å². The fourth-order valence-corrected chi connectivity index (χ4v) is 3.34. The number of para-hydroxylation sites is 1. The molecular formula is C15H22N2O. The van der Waals surface area contributed by atoms with E-state index in [0.717, 1.165) is 24.7 Å². The Bertz CT molecular complexity index is 419. The van der Waals surface area contributed by atoms with Crippen LogP contribution >= 0.6 is 0 Å².